The molecule has 4 rings (SSSR count). The van der Waals surface area contributed by atoms with Crippen LogP contribution in [0.25, 0.3) is 10.2 Å². The third kappa shape index (κ3) is 3.73. The fraction of sp³-hybridized carbons (Fsp3) is 0.409. The van der Waals surface area contributed by atoms with E-state index in [1.54, 1.807) is 34.9 Å². The Bertz CT molecular complexity index is 1100. The van der Waals surface area contributed by atoms with Crippen LogP contribution in [-0.4, -0.2) is 34.5 Å². The first-order chi connectivity index (χ1) is 14.0. The summed E-state index contributed by atoms with van der Waals surface area (Å²) in [4.78, 5) is 35.0. The molecule has 7 heteroatoms. The van der Waals surface area contributed by atoms with Crippen LogP contribution in [-0.2, 0) is 24.2 Å². The van der Waals surface area contributed by atoms with E-state index in [1.165, 1.54) is 22.2 Å². The van der Waals surface area contributed by atoms with Crippen molar-refractivity contribution in [3.05, 3.63) is 56.7 Å². The van der Waals surface area contributed by atoms with Crippen molar-refractivity contribution >= 4 is 39.2 Å². The molecule has 0 saturated carbocycles. The van der Waals surface area contributed by atoms with Crippen LogP contribution < -0.4 is 5.56 Å². The smallest absolute Gasteiger partial charge is 0.263 e. The maximum absolute atomic E-state index is 13.4. The predicted molar refractivity (Wildman–Crippen MR) is 120 cm³/mol. The van der Waals surface area contributed by atoms with Gasteiger partial charge in [0.15, 0.2) is 5.16 Å². The lowest BCUT2D eigenvalue weighted by Crippen LogP contribution is -2.28. The molecule has 0 fully saturated rings. The Morgan fingerprint density at radius 1 is 1.28 bits per heavy atom. The maximum atomic E-state index is 13.4. The van der Waals surface area contributed by atoms with E-state index in [0.717, 1.165) is 41.5 Å². The van der Waals surface area contributed by atoms with Crippen LogP contribution in [0.3, 0.4) is 0 Å². The Labute approximate surface area is 178 Å². The second-order valence-corrected chi connectivity index (χ2v) is 9.69. The van der Waals surface area contributed by atoms with Crippen LogP contribution >= 0.6 is 23.1 Å². The molecule has 29 heavy (non-hydrogen) atoms. The van der Waals surface area contributed by atoms with Gasteiger partial charge in [0.2, 0.25) is 5.91 Å². The highest BCUT2D eigenvalue weighted by Gasteiger charge is 2.28. The molecular formula is C22H25N3O2S2. The minimum Gasteiger partial charge on any atom is -0.348 e. The number of thioether (sulfide) groups is 1. The van der Waals surface area contributed by atoms with Crippen molar-refractivity contribution in [1.29, 1.82) is 0 Å². The normalized spacial score (nSPS) is 14.2. The van der Waals surface area contributed by atoms with E-state index in [4.69, 9.17) is 4.98 Å². The van der Waals surface area contributed by atoms with Crippen molar-refractivity contribution in [3.63, 3.8) is 0 Å². The first kappa shape index (κ1) is 20.2. The molecule has 2 heterocycles. The molecule has 0 bridgehead atoms. The highest BCUT2D eigenvalue weighted by molar-refractivity contribution is 8.00. The Kier molecular flexibility index (Phi) is 5.79. The number of hydrogen-bond acceptors (Lipinski definition) is 5. The van der Waals surface area contributed by atoms with Gasteiger partial charge >= 0.3 is 0 Å². The lowest BCUT2D eigenvalue weighted by atomic mass is 10.1. The van der Waals surface area contributed by atoms with Gasteiger partial charge in [0.1, 0.15) is 10.1 Å². The predicted octanol–water partition coefficient (Wildman–Crippen LogP) is 4.28. The quantitative estimate of drug-likeness (QED) is 0.435. The van der Waals surface area contributed by atoms with Crippen LogP contribution in [0.4, 0.5) is 0 Å². The number of hydrogen-bond donors (Lipinski definition) is 0. The average Bonchev–Trinajstić information content (AvgIpc) is 3.29. The number of amides is 1. The van der Waals surface area contributed by atoms with E-state index in [0.29, 0.717) is 11.7 Å². The number of thiophene rings is 1. The van der Waals surface area contributed by atoms with Crippen molar-refractivity contribution in [3.8, 4) is 0 Å². The summed E-state index contributed by atoms with van der Waals surface area (Å²) >= 11 is 3.03. The summed E-state index contributed by atoms with van der Waals surface area (Å²) in [5.74, 6) is -0.00716. The van der Waals surface area contributed by atoms with Gasteiger partial charge in [0, 0.05) is 25.5 Å². The number of nitrogens with zero attached hydrogens (tertiary/aromatic N) is 3. The highest BCUT2D eigenvalue weighted by Crippen LogP contribution is 2.39. The number of rotatable bonds is 6. The van der Waals surface area contributed by atoms with E-state index in [1.807, 2.05) is 30.3 Å². The summed E-state index contributed by atoms with van der Waals surface area (Å²) in [5.41, 5.74) is 2.16. The van der Waals surface area contributed by atoms with Gasteiger partial charge in [-0.2, -0.15) is 0 Å². The molecule has 0 aliphatic heterocycles. The van der Waals surface area contributed by atoms with Crippen LogP contribution in [0, 0.1) is 0 Å². The van der Waals surface area contributed by atoms with Crippen LogP contribution in [0.15, 0.2) is 40.3 Å². The van der Waals surface area contributed by atoms with E-state index >= 15 is 0 Å². The standard InChI is InChI=1S/C22H25N3O2S2/c1-4-13-25-20(26)17-15-11-8-12-16(15)28-19(17)23-22(25)29-18(21(27)24(2)3)14-9-6-5-7-10-14/h5-7,9-10,18H,4,8,11-13H2,1-3H3. The topological polar surface area (TPSA) is 55.2 Å². The van der Waals surface area contributed by atoms with Crippen molar-refractivity contribution in [2.45, 2.75) is 49.6 Å². The summed E-state index contributed by atoms with van der Waals surface area (Å²) in [6, 6.07) is 9.73. The zero-order chi connectivity index (χ0) is 20.5. The number of carbonyl (C=O) groups is 1. The van der Waals surface area contributed by atoms with Gasteiger partial charge in [-0.25, -0.2) is 4.98 Å². The molecule has 3 aromatic rings. The highest BCUT2D eigenvalue weighted by atomic mass is 32.2. The van der Waals surface area contributed by atoms with Gasteiger partial charge in [0.25, 0.3) is 5.56 Å². The van der Waals surface area contributed by atoms with Gasteiger partial charge in [-0.05, 0) is 36.8 Å². The van der Waals surface area contributed by atoms with Crippen LogP contribution in [0.2, 0.25) is 0 Å². The molecule has 1 amide bonds. The summed E-state index contributed by atoms with van der Waals surface area (Å²) in [7, 11) is 3.52. The second-order valence-electron chi connectivity index (χ2n) is 7.53. The number of fused-ring (bicyclic) bond motifs is 3. The van der Waals surface area contributed by atoms with Gasteiger partial charge in [-0.1, -0.05) is 49.0 Å². The molecule has 1 atom stereocenters. The monoisotopic (exact) mass is 427 g/mol. The Morgan fingerprint density at radius 2 is 2.03 bits per heavy atom. The maximum Gasteiger partial charge on any atom is 0.263 e. The molecule has 0 radical (unpaired) electrons. The first-order valence-electron chi connectivity index (χ1n) is 9.99. The number of likely N-dealkylation sites (N-methyl/N-ethyl adjacent to an activating group) is 1. The van der Waals surface area contributed by atoms with Crippen molar-refractivity contribution in [1.82, 2.24) is 14.5 Å². The second kappa shape index (κ2) is 8.32. The van der Waals surface area contributed by atoms with Gasteiger partial charge in [0.05, 0.1) is 5.39 Å². The number of aromatic nitrogens is 2. The molecule has 1 unspecified atom stereocenters. The number of carbonyl (C=O) groups excluding carboxylic acids is 1. The molecule has 0 saturated heterocycles. The molecule has 1 aliphatic rings. The molecule has 5 nitrogen and oxygen atoms in total. The van der Waals surface area contributed by atoms with E-state index < -0.39 is 5.25 Å². The number of benzene rings is 1. The Hall–Kier alpha value is -2.12. The van der Waals surface area contributed by atoms with E-state index in [9.17, 15) is 9.59 Å². The molecule has 1 aliphatic carbocycles. The van der Waals surface area contributed by atoms with Crippen molar-refractivity contribution < 1.29 is 4.79 Å². The lowest BCUT2D eigenvalue weighted by Gasteiger charge is -2.21. The lowest BCUT2D eigenvalue weighted by molar-refractivity contribution is -0.128. The SMILES string of the molecule is CCCn1c(SC(C(=O)N(C)C)c2ccccc2)nc2sc3c(c2c1=O)CCC3. The summed E-state index contributed by atoms with van der Waals surface area (Å²) in [6.07, 6.45) is 3.97. The zero-order valence-corrected chi connectivity index (χ0v) is 18.6. The summed E-state index contributed by atoms with van der Waals surface area (Å²) < 4.78 is 1.78. The van der Waals surface area contributed by atoms with Gasteiger partial charge < -0.3 is 4.90 Å². The first-order valence-corrected chi connectivity index (χ1v) is 11.7. The largest absolute Gasteiger partial charge is 0.348 e. The van der Waals surface area contributed by atoms with Gasteiger partial charge in [-0.3, -0.25) is 14.2 Å². The van der Waals surface area contributed by atoms with Crippen LogP contribution in [0.5, 0.6) is 0 Å². The minimum atomic E-state index is -0.439. The molecule has 152 valence electrons. The molecule has 0 spiro atoms. The minimum absolute atomic E-state index is 0.00716. The molecule has 0 N–H and O–H groups in total. The fourth-order valence-corrected chi connectivity index (χ4v) is 6.37. The van der Waals surface area contributed by atoms with Crippen molar-refractivity contribution in [2.75, 3.05) is 14.1 Å². The van der Waals surface area contributed by atoms with Gasteiger partial charge in [-0.15, -0.1) is 11.3 Å². The van der Waals surface area contributed by atoms with Crippen LogP contribution in [0.1, 0.15) is 41.0 Å². The Morgan fingerprint density at radius 3 is 2.72 bits per heavy atom. The fourth-order valence-electron chi connectivity index (χ4n) is 3.80. The summed E-state index contributed by atoms with van der Waals surface area (Å²) in [5, 5.41) is 0.995. The van der Waals surface area contributed by atoms with Crippen molar-refractivity contribution in [2.24, 2.45) is 0 Å². The third-order valence-corrected chi connectivity index (χ3v) is 7.65. The van der Waals surface area contributed by atoms with E-state index in [2.05, 4.69) is 6.92 Å². The zero-order valence-electron chi connectivity index (χ0n) is 17.0. The molecular weight excluding hydrogens is 402 g/mol. The molecule has 2 aromatic heterocycles. The number of aryl methyl sites for hydroxylation is 2. The average molecular weight is 428 g/mol. The molecule has 1 aromatic carbocycles. The Balaban J connectivity index is 1.84. The third-order valence-electron chi connectivity index (χ3n) is 5.23. The summed E-state index contributed by atoms with van der Waals surface area (Å²) in [6.45, 7) is 2.66. The van der Waals surface area contributed by atoms with E-state index in [-0.39, 0.29) is 11.5 Å².